The van der Waals surface area contributed by atoms with Crippen LogP contribution in [-0.2, 0) is 10.0 Å². The Bertz CT molecular complexity index is 417. The number of aromatic nitrogens is 1. The predicted octanol–water partition coefficient (Wildman–Crippen LogP) is 0.812. The molecule has 0 aromatic carbocycles. The highest BCUT2D eigenvalue weighted by Gasteiger charge is 2.16. The molecule has 5 nitrogen and oxygen atoms in total. The van der Waals surface area contributed by atoms with Crippen molar-refractivity contribution in [3.05, 3.63) is 18.5 Å². The van der Waals surface area contributed by atoms with E-state index in [1.807, 2.05) is 6.92 Å². The maximum absolute atomic E-state index is 11.8. The van der Waals surface area contributed by atoms with Gasteiger partial charge in [-0.1, -0.05) is 6.92 Å². The summed E-state index contributed by atoms with van der Waals surface area (Å²) in [4.78, 5) is 3.99. The average molecular weight is 229 g/mol. The first-order valence-electron chi connectivity index (χ1n) is 4.73. The molecule has 1 aromatic heterocycles. The van der Waals surface area contributed by atoms with Crippen LogP contribution in [-0.4, -0.2) is 27.0 Å². The fourth-order valence-corrected chi connectivity index (χ4v) is 2.40. The van der Waals surface area contributed by atoms with Crippen molar-refractivity contribution in [2.24, 2.45) is 0 Å². The quantitative estimate of drug-likeness (QED) is 0.784. The molecule has 0 unspecified atom stereocenters. The van der Waals surface area contributed by atoms with Crippen molar-refractivity contribution in [1.29, 1.82) is 0 Å². The zero-order valence-corrected chi connectivity index (χ0v) is 9.63. The molecule has 84 valence electrons. The molecule has 0 saturated heterocycles. The normalized spacial score (nSPS) is 11.3. The molecule has 15 heavy (non-hydrogen) atoms. The van der Waals surface area contributed by atoms with Gasteiger partial charge in [0.05, 0.1) is 5.69 Å². The van der Waals surface area contributed by atoms with Crippen LogP contribution in [0, 0.1) is 0 Å². The van der Waals surface area contributed by atoms with Gasteiger partial charge in [-0.3, -0.25) is 4.98 Å². The molecule has 0 aliphatic heterocycles. The van der Waals surface area contributed by atoms with Gasteiger partial charge in [-0.15, -0.1) is 0 Å². The van der Waals surface area contributed by atoms with Gasteiger partial charge in [-0.05, 0) is 12.5 Å². The first-order valence-corrected chi connectivity index (χ1v) is 6.21. The van der Waals surface area contributed by atoms with E-state index in [2.05, 4.69) is 15.0 Å². The van der Waals surface area contributed by atoms with Gasteiger partial charge in [0.15, 0.2) is 0 Å². The number of rotatable bonds is 5. The summed E-state index contributed by atoms with van der Waals surface area (Å²) in [6.07, 6.45) is 3.64. The van der Waals surface area contributed by atoms with Crippen molar-refractivity contribution in [2.75, 3.05) is 18.9 Å². The number of hydrogen-bond acceptors (Lipinski definition) is 4. The lowest BCUT2D eigenvalue weighted by Crippen LogP contribution is -2.25. The second kappa shape index (κ2) is 5.09. The third kappa shape index (κ3) is 2.90. The summed E-state index contributed by atoms with van der Waals surface area (Å²) in [5, 5.41) is 2.82. The molecule has 1 aromatic rings. The molecule has 0 spiro atoms. The third-order valence-electron chi connectivity index (χ3n) is 1.89. The van der Waals surface area contributed by atoms with E-state index < -0.39 is 10.0 Å². The van der Waals surface area contributed by atoms with Crippen LogP contribution in [0.3, 0.4) is 0 Å². The third-order valence-corrected chi connectivity index (χ3v) is 3.37. The lowest BCUT2D eigenvalue weighted by Gasteiger charge is -2.09. The van der Waals surface area contributed by atoms with Crippen molar-refractivity contribution < 1.29 is 8.42 Å². The highest BCUT2D eigenvalue weighted by molar-refractivity contribution is 7.89. The monoisotopic (exact) mass is 229 g/mol. The Hall–Kier alpha value is -1.14. The average Bonchev–Trinajstić information content (AvgIpc) is 2.26. The highest BCUT2D eigenvalue weighted by Crippen LogP contribution is 2.18. The van der Waals surface area contributed by atoms with Crippen LogP contribution in [0.2, 0.25) is 0 Å². The van der Waals surface area contributed by atoms with Crippen molar-refractivity contribution >= 4 is 15.7 Å². The molecule has 0 aliphatic carbocycles. The number of hydrogen-bond donors (Lipinski definition) is 2. The molecule has 0 atom stereocenters. The number of nitrogens with one attached hydrogen (secondary N) is 2. The summed E-state index contributed by atoms with van der Waals surface area (Å²) in [6.45, 7) is 2.34. The van der Waals surface area contributed by atoms with E-state index >= 15 is 0 Å². The maximum Gasteiger partial charge on any atom is 0.244 e. The fraction of sp³-hybridized carbons (Fsp3) is 0.444. The minimum atomic E-state index is -3.44. The zero-order chi connectivity index (χ0) is 11.3. The van der Waals surface area contributed by atoms with Crippen molar-refractivity contribution in [2.45, 2.75) is 18.2 Å². The van der Waals surface area contributed by atoms with Gasteiger partial charge in [0.1, 0.15) is 4.90 Å². The first kappa shape index (κ1) is 11.9. The van der Waals surface area contributed by atoms with Gasteiger partial charge >= 0.3 is 0 Å². The molecule has 1 heterocycles. The number of nitrogens with zero attached hydrogens (tertiary/aromatic N) is 1. The van der Waals surface area contributed by atoms with Crippen LogP contribution < -0.4 is 10.0 Å². The zero-order valence-electron chi connectivity index (χ0n) is 8.82. The lowest BCUT2D eigenvalue weighted by molar-refractivity contribution is 0.580. The minimum Gasteiger partial charge on any atom is -0.387 e. The summed E-state index contributed by atoms with van der Waals surface area (Å²) < 4.78 is 26.1. The molecule has 6 heteroatoms. The molecule has 0 amide bonds. The van der Waals surface area contributed by atoms with Gasteiger partial charge in [0.2, 0.25) is 10.0 Å². The molecular formula is C9H15N3O2S. The van der Waals surface area contributed by atoms with Gasteiger partial charge in [-0.25, -0.2) is 13.1 Å². The molecule has 0 radical (unpaired) electrons. The highest BCUT2D eigenvalue weighted by atomic mass is 32.2. The summed E-state index contributed by atoms with van der Waals surface area (Å²) >= 11 is 0. The summed E-state index contributed by atoms with van der Waals surface area (Å²) in [5.41, 5.74) is 0.550. The topological polar surface area (TPSA) is 71.1 Å². The van der Waals surface area contributed by atoms with Crippen molar-refractivity contribution in [1.82, 2.24) is 9.71 Å². The SMILES string of the molecule is CCCNS(=O)(=O)c1cnccc1NC. The van der Waals surface area contributed by atoms with E-state index in [4.69, 9.17) is 0 Å². The van der Waals surface area contributed by atoms with E-state index in [0.29, 0.717) is 12.2 Å². The second-order valence-electron chi connectivity index (χ2n) is 3.02. The second-order valence-corrected chi connectivity index (χ2v) is 4.75. The van der Waals surface area contributed by atoms with Crippen molar-refractivity contribution in [3.8, 4) is 0 Å². The summed E-state index contributed by atoms with van der Waals surface area (Å²) in [6, 6.07) is 1.63. The number of pyridine rings is 1. The van der Waals surface area contributed by atoms with Crippen LogP contribution in [0.5, 0.6) is 0 Å². The van der Waals surface area contributed by atoms with Gasteiger partial charge in [0, 0.05) is 26.0 Å². The minimum absolute atomic E-state index is 0.181. The molecule has 0 saturated carbocycles. The van der Waals surface area contributed by atoms with Gasteiger partial charge < -0.3 is 5.32 Å². The lowest BCUT2D eigenvalue weighted by atomic mass is 10.4. The molecule has 0 bridgehead atoms. The maximum atomic E-state index is 11.8. The van der Waals surface area contributed by atoms with E-state index in [-0.39, 0.29) is 4.90 Å². The van der Waals surface area contributed by atoms with E-state index in [1.54, 1.807) is 19.3 Å². The predicted molar refractivity (Wildman–Crippen MR) is 59.3 cm³/mol. The Morgan fingerprint density at radius 2 is 2.20 bits per heavy atom. The Balaban J connectivity index is 3.04. The smallest absolute Gasteiger partial charge is 0.244 e. The Morgan fingerprint density at radius 1 is 1.47 bits per heavy atom. The molecule has 2 N–H and O–H groups in total. The van der Waals surface area contributed by atoms with E-state index in [1.165, 1.54) is 6.20 Å². The number of sulfonamides is 1. The summed E-state index contributed by atoms with van der Waals surface area (Å²) in [5.74, 6) is 0. The molecule has 0 aliphatic rings. The fourth-order valence-electron chi connectivity index (χ4n) is 1.11. The van der Waals surface area contributed by atoms with Crippen LogP contribution in [0.25, 0.3) is 0 Å². The van der Waals surface area contributed by atoms with Gasteiger partial charge in [0.25, 0.3) is 0 Å². The van der Waals surface area contributed by atoms with Crippen LogP contribution >= 0.6 is 0 Å². The largest absolute Gasteiger partial charge is 0.387 e. The van der Waals surface area contributed by atoms with E-state index in [0.717, 1.165) is 6.42 Å². The van der Waals surface area contributed by atoms with Gasteiger partial charge in [-0.2, -0.15) is 0 Å². The first-order chi connectivity index (χ1) is 7.11. The summed E-state index contributed by atoms with van der Waals surface area (Å²) in [7, 11) is -1.77. The van der Waals surface area contributed by atoms with Crippen LogP contribution in [0.15, 0.2) is 23.4 Å². The van der Waals surface area contributed by atoms with Crippen LogP contribution in [0.4, 0.5) is 5.69 Å². The van der Waals surface area contributed by atoms with E-state index in [9.17, 15) is 8.42 Å². The van der Waals surface area contributed by atoms with Crippen LogP contribution in [0.1, 0.15) is 13.3 Å². The van der Waals surface area contributed by atoms with Crippen molar-refractivity contribution in [3.63, 3.8) is 0 Å². The standard InChI is InChI=1S/C9H15N3O2S/c1-3-5-12-15(13,14)9-7-11-6-4-8(9)10-2/h4,6-7,12H,3,5H2,1-2H3,(H,10,11). The molecular weight excluding hydrogens is 214 g/mol. The Morgan fingerprint density at radius 3 is 2.80 bits per heavy atom. The molecule has 0 fully saturated rings. The molecule has 1 rings (SSSR count). The number of anilines is 1. The Kier molecular flexibility index (Phi) is 4.05. The Labute approximate surface area is 90.0 Å².